The van der Waals surface area contributed by atoms with Gasteiger partial charge in [0.25, 0.3) is 0 Å². The van der Waals surface area contributed by atoms with Crippen LogP contribution in [0.15, 0.2) is 54.6 Å². The number of rotatable bonds is 12. The van der Waals surface area contributed by atoms with Crippen molar-refractivity contribution < 1.29 is 37.4 Å². The Labute approximate surface area is 364 Å². The van der Waals surface area contributed by atoms with Crippen LogP contribution in [0.25, 0.3) is 15.3 Å². The molecule has 8 heteroatoms. The van der Waals surface area contributed by atoms with E-state index in [2.05, 4.69) is 179 Å². The largest absolute Gasteiger partial charge is 3.00 e. The molecule has 0 bridgehead atoms. The number of ether oxygens (including phenoxy) is 1. The van der Waals surface area contributed by atoms with Crippen LogP contribution in [0, 0.1) is 41.5 Å². The van der Waals surface area contributed by atoms with E-state index >= 15 is 0 Å². The third kappa shape index (κ3) is 22.4. The molecule has 0 aromatic heterocycles. The van der Waals surface area contributed by atoms with E-state index < -0.39 is 0 Å². The molecule has 3 aromatic carbocycles. The molecule has 300 valence electrons. The molecule has 3 aromatic rings. The topological polar surface area (TPSA) is 51.5 Å². The summed E-state index contributed by atoms with van der Waals surface area (Å²) in [4.78, 5) is 0. The molecule has 0 saturated carbocycles. The van der Waals surface area contributed by atoms with Crippen LogP contribution in [0.1, 0.15) is 129 Å². The molecule has 0 N–H and O–H groups in total. The van der Waals surface area contributed by atoms with Crippen LogP contribution in [-0.4, -0.2) is 47.2 Å². The summed E-state index contributed by atoms with van der Waals surface area (Å²) in [7, 11) is -0.764. The predicted molar refractivity (Wildman–Crippen MR) is 248 cm³/mol. The maximum Gasteiger partial charge on any atom is 3.00 e. The SMILES string of the molecule is C1CCOC1.Cc1cc(C)cc([N-]P(C(C)C)C(C)C)c1.Cc1cc(C)cc([N-]P(C(C)C)C(C)C)c1.Cc1cc(C)cc([N-]P(C(C)C)C(C)C)c1.[Y+3]. The van der Waals surface area contributed by atoms with E-state index in [0.717, 1.165) is 30.3 Å². The van der Waals surface area contributed by atoms with E-state index in [1.807, 2.05) is 0 Å². The molecule has 0 spiro atoms. The van der Waals surface area contributed by atoms with Crippen molar-refractivity contribution in [3.05, 3.63) is 103 Å². The maximum atomic E-state index is 4.94. The molecule has 54 heavy (non-hydrogen) atoms. The fourth-order valence-electron chi connectivity index (χ4n) is 6.42. The molecular weight excluding hydrogens is 792 g/mol. The van der Waals surface area contributed by atoms with Crippen molar-refractivity contribution in [2.45, 2.75) is 171 Å². The summed E-state index contributed by atoms with van der Waals surface area (Å²) in [6, 6.07) is 19.7. The van der Waals surface area contributed by atoms with Gasteiger partial charge in [-0.25, -0.2) is 0 Å². The molecule has 0 atom stereocenters. The maximum absolute atomic E-state index is 4.94. The summed E-state index contributed by atoms with van der Waals surface area (Å²) in [6.07, 6.45) is 2.56. The van der Waals surface area contributed by atoms with Crippen molar-refractivity contribution >= 4 is 41.3 Å². The Balaban J connectivity index is 0.000000724. The number of nitrogens with zero attached hydrogens (tertiary/aromatic N) is 3. The Morgan fingerprint density at radius 3 is 0.685 bits per heavy atom. The Bertz CT molecular complexity index is 1200. The van der Waals surface area contributed by atoms with Gasteiger partial charge in [0.2, 0.25) is 0 Å². The van der Waals surface area contributed by atoms with Crippen molar-refractivity contribution in [2.24, 2.45) is 0 Å². The molecular formula is C46H77N3OP3Y. The smallest absolute Gasteiger partial charge is 0.660 e. The van der Waals surface area contributed by atoms with Crippen LogP contribution in [0.2, 0.25) is 0 Å². The molecule has 0 unspecified atom stereocenters. The first-order chi connectivity index (χ1) is 24.7. The van der Waals surface area contributed by atoms with E-state index in [1.165, 1.54) is 46.2 Å². The van der Waals surface area contributed by atoms with E-state index in [1.54, 1.807) is 0 Å². The van der Waals surface area contributed by atoms with Gasteiger partial charge in [0.15, 0.2) is 0 Å². The number of aryl methyl sites for hydroxylation is 6. The Kier molecular flexibility index (Phi) is 27.6. The average Bonchev–Trinajstić information content (AvgIpc) is 3.60. The fourth-order valence-corrected chi connectivity index (χ4v) is 12.5. The zero-order valence-corrected chi connectivity index (χ0v) is 43.2. The van der Waals surface area contributed by atoms with Crippen LogP contribution in [-0.2, 0) is 37.4 Å². The number of hydrogen-bond acceptors (Lipinski definition) is 1. The van der Waals surface area contributed by atoms with Gasteiger partial charge < -0.3 is 20.0 Å². The summed E-state index contributed by atoms with van der Waals surface area (Å²) in [5.41, 5.74) is 15.3. The van der Waals surface area contributed by atoms with Gasteiger partial charge in [0, 0.05) is 13.2 Å². The van der Waals surface area contributed by atoms with E-state index in [9.17, 15) is 0 Å². The molecule has 1 heterocycles. The summed E-state index contributed by atoms with van der Waals surface area (Å²) >= 11 is 0. The summed E-state index contributed by atoms with van der Waals surface area (Å²) in [5.74, 6) is 0. The Morgan fingerprint density at radius 2 is 0.556 bits per heavy atom. The van der Waals surface area contributed by atoms with Crippen LogP contribution in [0.4, 0.5) is 17.1 Å². The van der Waals surface area contributed by atoms with E-state index in [4.69, 9.17) is 20.0 Å². The van der Waals surface area contributed by atoms with E-state index in [0.29, 0.717) is 34.0 Å². The quantitative estimate of drug-likeness (QED) is 0.167. The average molecular weight is 870 g/mol. The Morgan fingerprint density at radius 1 is 0.370 bits per heavy atom. The first-order valence-electron chi connectivity index (χ1n) is 20.0. The number of hydrogen-bond donors (Lipinski definition) is 0. The summed E-state index contributed by atoms with van der Waals surface area (Å²) < 4.78 is 4.94. The fraction of sp³-hybridized carbons (Fsp3) is 0.609. The summed E-state index contributed by atoms with van der Waals surface area (Å²) in [6.45, 7) is 42.1. The molecule has 4 rings (SSSR count). The van der Waals surface area contributed by atoms with Crippen molar-refractivity contribution in [3.63, 3.8) is 0 Å². The minimum atomic E-state index is -0.255. The van der Waals surface area contributed by atoms with Gasteiger partial charge in [0.1, 0.15) is 0 Å². The van der Waals surface area contributed by atoms with Gasteiger partial charge in [-0.2, -0.15) is 24.2 Å². The van der Waals surface area contributed by atoms with Crippen LogP contribution in [0.3, 0.4) is 0 Å². The Hall–Kier alpha value is -0.586. The van der Waals surface area contributed by atoms with Crippen LogP contribution in [0.5, 0.6) is 0 Å². The standard InChI is InChI=1S/3C14H23NP.C4H8O.Y/c3*1-10(2)16(11(3)4)15-14-8-12(5)7-13(6)9-14;1-2-4-5-3-1;/h3*7-11H,1-6H3;1-4H2;/q3*-1;;+3. The third-order valence-electron chi connectivity index (χ3n) is 8.31. The van der Waals surface area contributed by atoms with Gasteiger partial charge in [-0.3, -0.25) is 0 Å². The van der Waals surface area contributed by atoms with Gasteiger partial charge in [0.05, 0.1) is 0 Å². The van der Waals surface area contributed by atoms with Crippen molar-refractivity contribution in [3.8, 4) is 0 Å². The molecule has 0 aliphatic carbocycles. The van der Waals surface area contributed by atoms with Crippen LogP contribution < -0.4 is 0 Å². The molecule has 0 radical (unpaired) electrons. The minimum absolute atomic E-state index is 0. The zero-order valence-electron chi connectivity index (χ0n) is 37.7. The zero-order chi connectivity index (χ0) is 40.4. The third-order valence-corrected chi connectivity index (χ3v) is 16.0. The van der Waals surface area contributed by atoms with Gasteiger partial charge in [-0.05, 0) is 88.3 Å². The first kappa shape index (κ1) is 53.4. The van der Waals surface area contributed by atoms with Crippen LogP contribution >= 0.6 is 24.2 Å². The second-order valence-corrected chi connectivity index (χ2v) is 25.4. The molecule has 1 aliphatic rings. The molecule has 0 amide bonds. The van der Waals surface area contributed by atoms with Crippen molar-refractivity contribution in [2.75, 3.05) is 13.2 Å². The predicted octanol–water partition coefficient (Wildman–Crippen LogP) is 17.4. The molecule has 1 saturated heterocycles. The van der Waals surface area contributed by atoms with E-state index in [-0.39, 0.29) is 56.9 Å². The second kappa shape index (κ2) is 27.9. The van der Waals surface area contributed by atoms with Gasteiger partial charge in [-0.1, -0.05) is 171 Å². The monoisotopic (exact) mass is 869 g/mol. The normalized spacial score (nSPS) is 12.5. The van der Waals surface area contributed by atoms with Crippen molar-refractivity contribution in [1.82, 2.24) is 0 Å². The minimum Gasteiger partial charge on any atom is -0.660 e. The van der Waals surface area contributed by atoms with Gasteiger partial charge >= 0.3 is 32.7 Å². The molecule has 1 aliphatic heterocycles. The molecule has 1 fully saturated rings. The first-order valence-corrected chi connectivity index (χ1v) is 24.3. The second-order valence-electron chi connectivity index (χ2n) is 16.4. The number of benzene rings is 3. The summed E-state index contributed by atoms with van der Waals surface area (Å²) in [5, 5.41) is 14.8. The molecule has 4 nitrogen and oxygen atoms in total. The van der Waals surface area contributed by atoms with Crippen molar-refractivity contribution in [1.29, 1.82) is 0 Å². The van der Waals surface area contributed by atoms with Gasteiger partial charge in [-0.15, -0.1) is 17.1 Å².